The molecule has 3 amide bonds. The summed E-state index contributed by atoms with van der Waals surface area (Å²) in [5, 5.41) is 0. The van der Waals surface area contributed by atoms with Crippen molar-refractivity contribution in [2.75, 3.05) is 52.4 Å². The molecule has 2 aliphatic heterocycles. The summed E-state index contributed by atoms with van der Waals surface area (Å²) in [7, 11) is -3.61. The molecule has 2 heterocycles. The van der Waals surface area contributed by atoms with Gasteiger partial charge in [0.25, 0.3) is 0 Å². The van der Waals surface area contributed by atoms with Gasteiger partial charge < -0.3 is 14.7 Å². The Labute approximate surface area is 201 Å². The number of benzene rings is 1. The highest BCUT2D eigenvalue weighted by atomic mass is 32.2. The Morgan fingerprint density at radius 3 is 1.82 bits per heavy atom. The summed E-state index contributed by atoms with van der Waals surface area (Å²) in [5.74, 6) is 0.208. The molecule has 186 valence electrons. The van der Waals surface area contributed by atoms with Gasteiger partial charge in [-0.3, -0.25) is 14.4 Å². The normalized spacial score (nSPS) is 19.9. The van der Waals surface area contributed by atoms with Crippen LogP contribution in [0.25, 0.3) is 0 Å². The monoisotopic (exact) mass is 490 g/mol. The van der Waals surface area contributed by atoms with Crippen LogP contribution in [0.2, 0.25) is 0 Å². The van der Waals surface area contributed by atoms with Crippen LogP contribution in [0.1, 0.15) is 36.8 Å². The molecule has 34 heavy (non-hydrogen) atoms. The lowest BCUT2D eigenvalue weighted by Gasteiger charge is -2.36. The summed E-state index contributed by atoms with van der Waals surface area (Å²) in [6, 6.07) is 5.39. The molecule has 1 aromatic carbocycles. The van der Waals surface area contributed by atoms with Gasteiger partial charge in [-0.25, -0.2) is 8.42 Å². The second-order valence-corrected chi connectivity index (χ2v) is 11.4. The van der Waals surface area contributed by atoms with Crippen molar-refractivity contribution >= 4 is 27.7 Å². The number of nitrogens with zero attached hydrogens (tertiary/aromatic N) is 4. The van der Waals surface area contributed by atoms with Gasteiger partial charge in [-0.1, -0.05) is 12.1 Å². The van der Waals surface area contributed by atoms with Crippen molar-refractivity contribution in [2.24, 2.45) is 5.92 Å². The van der Waals surface area contributed by atoms with E-state index in [9.17, 15) is 22.8 Å². The van der Waals surface area contributed by atoms with E-state index < -0.39 is 10.0 Å². The molecule has 0 radical (unpaired) electrons. The van der Waals surface area contributed by atoms with Gasteiger partial charge in [-0.15, -0.1) is 0 Å². The molecule has 3 fully saturated rings. The van der Waals surface area contributed by atoms with Crippen molar-refractivity contribution < 1.29 is 22.8 Å². The van der Waals surface area contributed by atoms with Crippen LogP contribution >= 0.6 is 0 Å². The van der Waals surface area contributed by atoms with Crippen molar-refractivity contribution in [3.8, 4) is 0 Å². The first kappa shape index (κ1) is 24.7. The number of amides is 3. The highest BCUT2D eigenvalue weighted by molar-refractivity contribution is 7.89. The molecule has 10 heteroatoms. The minimum Gasteiger partial charge on any atom is -0.340 e. The van der Waals surface area contributed by atoms with Crippen LogP contribution in [0, 0.1) is 19.8 Å². The second-order valence-electron chi connectivity index (χ2n) is 9.53. The van der Waals surface area contributed by atoms with Crippen LogP contribution in [-0.4, -0.2) is 97.5 Å². The highest BCUT2D eigenvalue weighted by Crippen LogP contribution is 2.31. The number of sulfonamides is 1. The lowest BCUT2D eigenvalue weighted by atomic mass is 10.2. The maximum absolute atomic E-state index is 13.1. The lowest BCUT2D eigenvalue weighted by molar-refractivity contribution is -0.141. The largest absolute Gasteiger partial charge is 0.340 e. The molecule has 2 saturated heterocycles. The van der Waals surface area contributed by atoms with Gasteiger partial charge in [0.1, 0.15) is 0 Å². The van der Waals surface area contributed by atoms with Gasteiger partial charge >= 0.3 is 0 Å². The van der Waals surface area contributed by atoms with Crippen molar-refractivity contribution in [2.45, 2.75) is 44.4 Å². The van der Waals surface area contributed by atoms with Crippen LogP contribution in [-0.2, 0) is 24.4 Å². The minimum atomic E-state index is -3.61. The second kappa shape index (κ2) is 10.0. The Kier molecular flexibility index (Phi) is 7.28. The Hall–Kier alpha value is -2.46. The summed E-state index contributed by atoms with van der Waals surface area (Å²) in [6.45, 7) is 6.92. The number of rotatable bonds is 6. The average Bonchev–Trinajstić information content (AvgIpc) is 3.69. The summed E-state index contributed by atoms with van der Waals surface area (Å²) >= 11 is 0. The number of carbonyl (C=O) groups is 3. The fourth-order valence-electron chi connectivity index (χ4n) is 4.60. The maximum atomic E-state index is 13.1. The van der Waals surface area contributed by atoms with Crippen molar-refractivity contribution in [1.29, 1.82) is 0 Å². The Morgan fingerprint density at radius 2 is 1.29 bits per heavy atom. The van der Waals surface area contributed by atoms with E-state index in [1.165, 1.54) is 4.31 Å². The molecule has 0 N–H and O–H groups in total. The van der Waals surface area contributed by atoms with E-state index >= 15 is 0 Å². The Bertz CT molecular complexity index is 1050. The zero-order chi connectivity index (χ0) is 24.5. The van der Waals surface area contributed by atoms with Gasteiger partial charge in [-0.05, 0) is 43.9 Å². The van der Waals surface area contributed by atoms with Crippen LogP contribution in [0.5, 0.6) is 0 Å². The Balaban J connectivity index is 1.22. The molecule has 9 nitrogen and oxygen atoms in total. The topological polar surface area (TPSA) is 98.3 Å². The van der Waals surface area contributed by atoms with E-state index in [1.54, 1.807) is 22.8 Å². The van der Waals surface area contributed by atoms with E-state index in [0.29, 0.717) is 49.7 Å². The number of carbonyl (C=O) groups excluding carboxylic acids is 3. The van der Waals surface area contributed by atoms with Crippen LogP contribution in [0.4, 0.5) is 0 Å². The number of piperazine rings is 2. The fourth-order valence-corrected chi connectivity index (χ4v) is 6.33. The molecular weight excluding hydrogens is 456 g/mol. The van der Waals surface area contributed by atoms with E-state index in [0.717, 1.165) is 18.4 Å². The van der Waals surface area contributed by atoms with E-state index in [2.05, 4.69) is 0 Å². The molecule has 0 unspecified atom stereocenters. The van der Waals surface area contributed by atoms with E-state index in [4.69, 9.17) is 0 Å². The van der Waals surface area contributed by atoms with Gasteiger partial charge in [0.2, 0.25) is 27.7 Å². The van der Waals surface area contributed by atoms with Gasteiger partial charge in [0.15, 0.2) is 0 Å². The third kappa shape index (κ3) is 5.43. The molecule has 0 bridgehead atoms. The zero-order valence-corrected chi connectivity index (χ0v) is 20.8. The predicted molar refractivity (Wildman–Crippen MR) is 126 cm³/mol. The lowest BCUT2D eigenvalue weighted by Crippen LogP contribution is -2.52. The first-order valence-corrected chi connectivity index (χ1v) is 13.5. The molecule has 0 atom stereocenters. The molecule has 1 aromatic rings. The molecule has 4 rings (SSSR count). The SMILES string of the molecule is Cc1ccc(C)c(S(=O)(=O)N2CCN(C(=O)CCC(=O)N3CCN(C(=O)C4CC4)CC3)CC2)c1. The van der Waals surface area contributed by atoms with Crippen molar-refractivity contribution in [1.82, 2.24) is 19.0 Å². The molecule has 0 spiro atoms. The van der Waals surface area contributed by atoms with Crippen LogP contribution < -0.4 is 0 Å². The van der Waals surface area contributed by atoms with Gasteiger partial charge in [-0.2, -0.15) is 4.31 Å². The third-order valence-corrected chi connectivity index (χ3v) is 9.02. The highest BCUT2D eigenvalue weighted by Gasteiger charge is 2.35. The molecule has 1 saturated carbocycles. The first-order chi connectivity index (χ1) is 16.2. The van der Waals surface area contributed by atoms with Gasteiger partial charge in [0.05, 0.1) is 4.90 Å². The van der Waals surface area contributed by atoms with Gasteiger partial charge in [0, 0.05) is 71.1 Å². The maximum Gasteiger partial charge on any atom is 0.243 e. The standard InChI is InChI=1S/C24H34N4O5S/c1-18-3-4-19(2)21(17-18)34(32,33)28-15-13-26(14-16-28)23(30)8-7-22(29)25-9-11-27(12-10-25)24(31)20-5-6-20/h3-4,17,20H,5-16H2,1-2H3. The van der Waals surface area contributed by atoms with Crippen molar-refractivity contribution in [3.63, 3.8) is 0 Å². The summed E-state index contributed by atoms with van der Waals surface area (Å²) in [4.78, 5) is 42.9. The third-order valence-electron chi connectivity index (χ3n) is 6.98. The zero-order valence-electron chi connectivity index (χ0n) is 20.0. The smallest absolute Gasteiger partial charge is 0.243 e. The summed E-state index contributed by atoms with van der Waals surface area (Å²) in [5.41, 5.74) is 1.60. The van der Waals surface area contributed by atoms with E-state index in [-0.39, 0.29) is 49.6 Å². The molecule has 3 aliphatic rings. The fraction of sp³-hybridized carbons (Fsp3) is 0.625. The quantitative estimate of drug-likeness (QED) is 0.593. The Morgan fingerprint density at radius 1 is 0.794 bits per heavy atom. The molecule has 1 aliphatic carbocycles. The number of aryl methyl sites for hydroxylation is 2. The predicted octanol–water partition coefficient (Wildman–Crippen LogP) is 0.997. The summed E-state index contributed by atoms with van der Waals surface area (Å²) in [6.07, 6.45) is 2.21. The van der Waals surface area contributed by atoms with Crippen LogP contribution in [0.15, 0.2) is 23.1 Å². The average molecular weight is 491 g/mol. The number of hydrogen-bond donors (Lipinski definition) is 0. The summed E-state index contributed by atoms with van der Waals surface area (Å²) < 4.78 is 27.6. The molecular formula is C24H34N4O5S. The minimum absolute atomic E-state index is 0.0667. The molecule has 0 aromatic heterocycles. The number of hydrogen-bond acceptors (Lipinski definition) is 5. The van der Waals surface area contributed by atoms with Crippen molar-refractivity contribution in [3.05, 3.63) is 29.3 Å². The van der Waals surface area contributed by atoms with Crippen LogP contribution in [0.3, 0.4) is 0 Å². The van der Waals surface area contributed by atoms with E-state index in [1.807, 2.05) is 24.0 Å². The first-order valence-electron chi connectivity index (χ1n) is 12.1.